The van der Waals surface area contributed by atoms with Crippen molar-refractivity contribution in [2.45, 2.75) is 0 Å². The van der Waals surface area contributed by atoms with Gasteiger partial charge in [-0.1, -0.05) is 36.4 Å². The zero-order valence-electron chi connectivity index (χ0n) is 14.4. The molecule has 0 N–H and O–H groups in total. The molecular weight excluding hydrogens is 362 g/mol. The maximum atomic E-state index is 12.7. The molecule has 0 radical (unpaired) electrons. The number of benzene rings is 2. The lowest BCUT2D eigenvalue weighted by molar-refractivity contribution is -0.401. The van der Waals surface area contributed by atoms with Crippen LogP contribution in [0.5, 0.6) is 5.75 Å². The van der Waals surface area contributed by atoms with Gasteiger partial charge in [0.2, 0.25) is 0 Å². The van der Waals surface area contributed by atoms with Crippen molar-refractivity contribution in [3.05, 3.63) is 94.7 Å². The van der Waals surface area contributed by atoms with Crippen molar-refractivity contribution in [2.75, 3.05) is 0 Å². The van der Waals surface area contributed by atoms with Gasteiger partial charge in [0.05, 0.1) is 11.8 Å². The van der Waals surface area contributed by atoms with Crippen LogP contribution in [0.1, 0.15) is 10.4 Å². The van der Waals surface area contributed by atoms with Gasteiger partial charge in [-0.15, -0.1) is 0 Å². The van der Waals surface area contributed by atoms with E-state index in [2.05, 4.69) is 5.10 Å². The fourth-order valence-electron chi connectivity index (χ4n) is 2.62. The minimum Gasteiger partial charge on any atom is -0.423 e. The molecular formula is C20H13N3O5. The smallest absolute Gasteiger partial charge is 0.423 e. The highest BCUT2D eigenvalue weighted by atomic mass is 16.6. The SMILES string of the molecule is O=C(Oc1ccccc1)c1cn(-c2ccccc2)nc1-c1ccc([N+](=O)[O-])o1. The maximum Gasteiger partial charge on any atom is 0.433 e. The Morgan fingerprint density at radius 2 is 1.68 bits per heavy atom. The Morgan fingerprint density at radius 3 is 2.32 bits per heavy atom. The van der Waals surface area contributed by atoms with Crippen molar-refractivity contribution in [3.8, 4) is 22.9 Å². The highest BCUT2D eigenvalue weighted by Gasteiger charge is 2.24. The first kappa shape index (κ1) is 17.2. The normalized spacial score (nSPS) is 10.6. The third-order valence-electron chi connectivity index (χ3n) is 3.91. The molecule has 0 fully saturated rings. The number of nitrogens with zero attached hydrogens (tertiary/aromatic N) is 3. The third kappa shape index (κ3) is 3.38. The fraction of sp³-hybridized carbons (Fsp3) is 0. The summed E-state index contributed by atoms with van der Waals surface area (Å²) >= 11 is 0. The summed E-state index contributed by atoms with van der Waals surface area (Å²) in [6.45, 7) is 0. The fourth-order valence-corrected chi connectivity index (χ4v) is 2.62. The predicted octanol–water partition coefficient (Wildman–Crippen LogP) is 4.26. The molecule has 0 saturated carbocycles. The van der Waals surface area contributed by atoms with Gasteiger partial charge in [0.15, 0.2) is 5.76 Å². The van der Waals surface area contributed by atoms with Gasteiger partial charge < -0.3 is 9.15 Å². The van der Waals surface area contributed by atoms with Crippen LogP contribution in [0.2, 0.25) is 0 Å². The number of rotatable bonds is 5. The second kappa shape index (κ2) is 7.20. The minimum atomic E-state index is -0.653. The summed E-state index contributed by atoms with van der Waals surface area (Å²) in [6, 6.07) is 20.3. The van der Waals surface area contributed by atoms with E-state index in [9.17, 15) is 14.9 Å². The first-order chi connectivity index (χ1) is 13.6. The van der Waals surface area contributed by atoms with Crippen molar-refractivity contribution < 1.29 is 18.9 Å². The van der Waals surface area contributed by atoms with Crippen LogP contribution >= 0.6 is 0 Å². The summed E-state index contributed by atoms with van der Waals surface area (Å²) in [5.41, 5.74) is 0.985. The van der Waals surface area contributed by atoms with E-state index in [-0.39, 0.29) is 17.0 Å². The number of hydrogen-bond acceptors (Lipinski definition) is 6. The Labute approximate surface area is 158 Å². The Morgan fingerprint density at radius 1 is 1.00 bits per heavy atom. The number of carbonyl (C=O) groups is 1. The van der Waals surface area contributed by atoms with Crippen LogP contribution < -0.4 is 4.74 Å². The van der Waals surface area contributed by atoms with Gasteiger partial charge in [-0.3, -0.25) is 10.1 Å². The second-order valence-corrected chi connectivity index (χ2v) is 5.77. The van der Waals surface area contributed by atoms with Crippen LogP contribution in [0.4, 0.5) is 5.88 Å². The average molecular weight is 375 g/mol. The molecule has 8 nitrogen and oxygen atoms in total. The molecule has 0 aliphatic rings. The second-order valence-electron chi connectivity index (χ2n) is 5.77. The molecule has 0 aliphatic heterocycles. The zero-order chi connectivity index (χ0) is 19.5. The van der Waals surface area contributed by atoms with Crippen LogP contribution in [0.3, 0.4) is 0 Å². The van der Waals surface area contributed by atoms with Crippen LogP contribution in [-0.4, -0.2) is 20.7 Å². The Hall–Kier alpha value is -4.20. The number of para-hydroxylation sites is 2. The number of carbonyl (C=O) groups excluding carboxylic acids is 1. The molecule has 0 atom stereocenters. The topological polar surface area (TPSA) is 100 Å². The molecule has 0 aliphatic carbocycles. The lowest BCUT2D eigenvalue weighted by Gasteiger charge is -2.02. The van der Waals surface area contributed by atoms with Gasteiger partial charge in [-0.2, -0.15) is 5.10 Å². The minimum absolute atomic E-state index is 0.0985. The van der Waals surface area contributed by atoms with E-state index in [4.69, 9.17) is 9.15 Å². The molecule has 2 aromatic heterocycles. The molecule has 0 bridgehead atoms. The number of aromatic nitrogens is 2. The number of furan rings is 1. The number of esters is 1. The summed E-state index contributed by atoms with van der Waals surface area (Å²) in [5, 5.41) is 15.3. The molecule has 8 heteroatoms. The van der Waals surface area contributed by atoms with Gasteiger partial charge in [0.1, 0.15) is 21.9 Å². The van der Waals surface area contributed by atoms with Crippen molar-refractivity contribution in [3.63, 3.8) is 0 Å². The van der Waals surface area contributed by atoms with E-state index in [1.165, 1.54) is 23.0 Å². The van der Waals surface area contributed by atoms with Gasteiger partial charge in [-0.25, -0.2) is 9.48 Å². The highest BCUT2D eigenvalue weighted by Crippen LogP contribution is 2.29. The largest absolute Gasteiger partial charge is 0.433 e. The van der Waals surface area contributed by atoms with Crippen LogP contribution in [-0.2, 0) is 0 Å². The van der Waals surface area contributed by atoms with Gasteiger partial charge in [-0.05, 0) is 30.3 Å². The van der Waals surface area contributed by atoms with Gasteiger partial charge >= 0.3 is 11.9 Å². The molecule has 4 aromatic rings. The predicted molar refractivity (Wildman–Crippen MR) is 99.3 cm³/mol. The van der Waals surface area contributed by atoms with E-state index >= 15 is 0 Å². The van der Waals surface area contributed by atoms with Crippen molar-refractivity contribution in [1.82, 2.24) is 9.78 Å². The Balaban J connectivity index is 1.77. The number of nitro groups is 1. The van der Waals surface area contributed by atoms with E-state index in [1.54, 1.807) is 30.3 Å². The molecule has 4 rings (SSSR count). The summed E-state index contributed by atoms with van der Waals surface area (Å²) in [6.07, 6.45) is 1.50. The quantitative estimate of drug-likeness (QED) is 0.224. The third-order valence-corrected chi connectivity index (χ3v) is 3.91. The lowest BCUT2D eigenvalue weighted by Crippen LogP contribution is -2.08. The molecule has 28 heavy (non-hydrogen) atoms. The molecule has 0 unspecified atom stereocenters. The van der Waals surface area contributed by atoms with Crippen LogP contribution in [0.15, 0.2) is 83.4 Å². The number of ether oxygens (including phenoxy) is 1. The zero-order valence-corrected chi connectivity index (χ0v) is 14.4. The molecule has 2 heterocycles. The first-order valence-corrected chi connectivity index (χ1v) is 8.29. The van der Waals surface area contributed by atoms with E-state index in [1.807, 2.05) is 30.3 Å². The lowest BCUT2D eigenvalue weighted by atomic mass is 10.2. The number of hydrogen-bond donors (Lipinski definition) is 0. The standard InChI is InChI=1S/C20H13N3O5/c24-20(27-15-9-5-2-6-10-15)16-13-22(14-7-3-1-4-8-14)21-19(16)17-11-12-18(28-17)23(25)26/h1-13H. The molecule has 0 amide bonds. The highest BCUT2D eigenvalue weighted by molar-refractivity contribution is 5.96. The van der Waals surface area contributed by atoms with E-state index in [0.29, 0.717) is 11.4 Å². The summed E-state index contributed by atoms with van der Waals surface area (Å²) < 4.78 is 12.1. The van der Waals surface area contributed by atoms with Crippen molar-refractivity contribution in [1.29, 1.82) is 0 Å². The summed E-state index contributed by atoms with van der Waals surface area (Å²) in [4.78, 5) is 23.0. The van der Waals surface area contributed by atoms with Gasteiger partial charge in [0.25, 0.3) is 0 Å². The average Bonchev–Trinajstić information content (AvgIpc) is 3.37. The Bertz CT molecular complexity index is 1130. The molecule has 0 saturated heterocycles. The van der Waals surface area contributed by atoms with E-state index < -0.39 is 16.8 Å². The summed E-state index contributed by atoms with van der Waals surface area (Å²) in [7, 11) is 0. The first-order valence-electron chi connectivity index (χ1n) is 8.29. The van der Waals surface area contributed by atoms with Crippen molar-refractivity contribution >= 4 is 11.9 Å². The molecule has 0 spiro atoms. The maximum absolute atomic E-state index is 12.7. The molecule has 138 valence electrons. The monoisotopic (exact) mass is 375 g/mol. The van der Waals surface area contributed by atoms with Crippen LogP contribution in [0, 0.1) is 10.1 Å². The van der Waals surface area contributed by atoms with Crippen molar-refractivity contribution in [2.24, 2.45) is 0 Å². The van der Waals surface area contributed by atoms with Crippen LogP contribution in [0.25, 0.3) is 17.1 Å². The molecule has 2 aromatic carbocycles. The Kier molecular flexibility index (Phi) is 4.43. The van der Waals surface area contributed by atoms with Gasteiger partial charge in [0, 0.05) is 6.20 Å². The summed E-state index contributed by atoms with van der Waals surface area (Å²) in [5.74, 6) is -0.619. The van der Waals surface area contributed by atoms with E-state index in [0.717, 1.165) is 0 Å².